The summed E-state index contributed by atoms with van der Waals surface area (Å²) in [5, 5.41) is 3.36. The molecule has 3 nitrogen and oxygen atoms in total. The van der Waals surface area contributed by atoms with E-state index in [0.717, 1.165) is 23.4 Å². The van der Waals surface area contributed by atoms with Crippen molar-refractivity contribution in [3.8, 4) is 5.75 Å². The summed E-state index contributed by atoms with van der Waals surface area (Å²) < 4.78 is 18.9. The smallest absolute Gasteiger partial charge is 0.141 e. The number of aromatic nitrogens is 1. The predicted octanol–water partition coefficient (Wildman–Crippen LogP) is 3.47. The van der Waals surface area contributed by atoms with Gasteiger partial charge in [-0.1, -0.05) is 25.1 Å². The monoisotopic (exact) mass is 274 g/mol. The van der Waals surface area contributed by atoms with Gasteiger partial charge in [-0.15, -0.1) is 0 Å². The van der Waals surface area contributed by atoms with Crippen LogP contribution in [-0.4, -0.2) is 11.5 Å². The molecule has 1 aromatic heterocycles. The van der Waals surface area contributed by atoms with Gasteiger partial charge in [0.15, 0.2) is 0 Å². The van der Waals surface area contributed by atoms with Crippen LogP contribution in [0.5, 0.6) is 5.75 Å². The number of para-hydroxylation sites is 1. The summed E-state index contributed by atoms with van der Waals surface area (Å²) in [5.41, 5.74) is 1.81. The van der Waals surface area contributed by atoms with Gasteiger partial charge in [-0.25, -0.2) is 4.39 Å². The van der Waals surface area contributed by atoms with Crippen molar-refractivity contribution >= 4 is 0 Å². The molecule has 0 saturated carbocycles. The maximum absolute atomic E-state index is 13.1. The number of nitrogens with zero attached hydrogens (tertiary/aromatic N) is 1. The minimum atomic E-state index is -0.347. The zero-order valence-electron chi connectivity index (χ0n) is 11.8. The van der Waals surface area contributed by atoms with Gasteiger partial charge >= 0.3 is 0 Å². The van der Waals surface area contributed by atoms with Crippen LogP contribution in [0.4, 0.5) is 4.39 Å². The topological polar surface area (TPSA) is 34.1 Å². The van der Waals surface area contributed by atoms with E-state index in [1.165, 1.54) is 12.3 Å². The molecule has 0 aliphatic carbocycles. The Labute approximate surface area is 118 Å². The molecule has 1 aromatic carbocycles. The maximum Gasteiger partial charge on any atom is 0.141 e. The highest BCUT2D eigenvalue weighted by molar-refractivity contribution is 5.35. The third-order valence-corrected chi connectivity index (χ3v) is 3.05. The number of hydrogen-bond acceptors (Lipinski definition) is 3. The summed E-state index contributed by atoms with van der Waals surface area (Å²) in [4.78, 5) is 3.82. The lowest BCUT2D eigenvalue weighted by Gasteiger charge is -2.17. The second-order valence-electron chi connectivity index (χ2n) is 4.62. The normalized spacial score (nSPS) is 12.2. The summed E-state index contributed by atoms with van der Waals surface area (Å²) in [6, 6.07) is 9.52. The maximum atomic E-state index is 13.1. The third-order valence-electron chi connectivity index (χ3n) is 3.05. The van der Waals surface area contributed by atoms with Crippen LogP contribution in [0.3, 0.4) is 0 Å². The summed E-state index contributed by atoms with van der Waals surface area (Å²) in [5.74, 6) is 0.464. The third kappa shape index (κ3) is 3.78. The molecule has 1 unspecified atom stereocenters. The fourth-order valence-electron chi connectivity index (χ4n) is 2.08. The van der Waals surface area contributed by atoms with E-state index in [-0.39, 0.29) is 11.9 Å². The second kappa shape index (κ2) is 7.01. The summed E-state index contributed by atoms with van der Waals surface area (Å²) in [6.07, 6.45) is 2.80. The largest absolute Gasteiger partial charge is 0.489 e. The SMILES string of the molecule is CCNC(C)c1ccccc1OCc1cncc(F)c1. The average molecular weight is 274 g/mol. The first-order valence-electron chi connectivity index (χ1n) is 6.75. The number of benzene rings is 1. The van der Waals surface area contributed by atoms with E-state index in [1.807, 2.05) is 24.3 Å². The highest BCUT2D eigenvalue weighted by Crippen LogP contribution is 2.25. The first-order chi connectivity index (χ1) is 9.70. The Morgan fingerprint density at radius 3 is 2.85 bits per heavy atom. The van der Waals surface area contributed by atoms with Crippen LogP contribution in [0.15, 0.2) is 42.7 Å². The van der Waals surface area contributed by atoms with E-state index in [2.05, 4.69) is 24.1 Å². The van der Waals surface area contributed by atoms with E-state index in [0.29, 0.717) is 6.61 Å². The van der Waals surface area contributed by atoms with Crippen LogP contribution in [0, 0.1) is 5.82 Å². The summed E-state index contributed by atoms with van der Waals surface area (Å²) >= 11 is 0. The molecular formula is C16H19FN2O. The molecule has 1 heterocycles. The molecule has 106 valence electrons. The Morgan fingerprint density at radius 2 is 2.10 bits per heavy atom. The summed E-state index contributed by atoms with van der Waals surface area (Å²) in [6.45, 7) is 5.36. The highest BCUT2D eigenvalue weighted by Gasteiger charge is 2.10. The number of halogens is 1. The summed E-state index contributed by atoms with van der Waals surface area (Å²) in [7, 11) is 0. The van der Waals surface area contributed by atoms with Crippen molar-refractivity contribution in [2.75, 3.05) is 6.54 Å². The molecule has 2 rings (SSSR count). The molecule has 20 heavy (non-hydrogen) atoms. The molecule has 0 saturated heterocycles. The lowest BCUT2D eigenvalue weighted by Crippen LogP contribution is -2.18. The molecule has 2 aromatic rings. The molecular weight excluding hydrogens is 255 g/mol. The zero-order chi connectivity index (χ0) is 14.4. The number of nitrogens with one attached hydrogen (secondary N) is 1. The van der Waals surface area contributed by atoms with E-state index >= 15 is 0 Å². The molecule has 0 spiro atoms. The lowest BCUT2D eigenvalue weighted by molar-refractivity contribution is 0.298. The molecule has 4 heteroatoms. The van der Waals surface area contributed by atoms with Crippen LogP contribution in [0.2, 0.25) is 0 Å². The van der Waals surface area contributed by atoms with Crippen LogP contribution < -0.4 is 10.1 Å². The number of ether oxygens (including phenoxy) is 1. The van der Waals surface area contributed by atoms with Gasteiger partial charge in [0.25, 0.3) is 0 Å². The van der Waals surface area contributed by atoms with Crippen LogP contribution in [0.1, 0.15) is 31.0 Å². The van der Waals surface area contributed by atoms with Gasteiger partial charge in [0.2, 0.25) is 0 Å². The van der Waals surface area contributed by atoms with Crippen molar-refractivity contribution in [2.45, 2.75) is 26.5 Å². The quantitative estimate of drug-likeness (QED) is 0.875. The second-order valence-corrected chi connectivity index (χ2v) is 4.62. The average Bonchev–Trinajstić information content (AvgIpc) is 2.46. The molecule has 0 radical (unpaired) electrons. The van der Waals surface area contributed by atoms with Gasteiger partial charge in [0.1, 0.15) is 18.2 Å². The molecule has 1 N–H and O–H groups in total. The van der Waals surface area contributed by atoms with Crippen molar-refractivity contribution in [3.05, 3.63) is 59.7 Å². The van der Waals surface area contributed by atoms with Crippen molar-refractivity contribution in [3.63, 3.8) is 0 Å². The van der Waals surface area contributed by atoms with Crippen molar-refractivity contribution in [2.24, 2.45) is 0 Å². The molecule has 0 bridgehead atoms. The Balaban J connectivity index is 2.09. The lowest BCUT2D eigenvalue weighted by atomic mass is 10.1. The minimum Gasteiger partial charge on any atom is -0.489 e. The number of rotatable bonds is 6. The van der Waals surface area contributed by atoms with E-state index in [1.54, 1.807) is 6.20 Å². The molecule has 0 aliphatic heterocycles. The van der Waals surface area contributed by atoms with Gasteiger partial charge in [-0.3, -0.25) is 4.98 Å². The van der Waals surface area contributed by atoms with E-state index in [9.17, 15) is 4.39 Å². The first kappa shape index (κ1) is 14.5. The Kier molecular flexibility index (Phi) is 5.07. The van der Waals surface area contributed by atoms with Gasteiger partial charge < -0.3 is 10.1 Å². The Morgan fingerprint density at radius 1 is 1.30 bits per heavy atom. The van der Waals surface area contributed by atoms with E-state index in [4.69, 9.17) is 4.74 Å². The van der Waals surface area contributed by atoms with Crippen LogP contribution in [0.25, 0.3) is 0 Å². The van der Waals surface area contributed by atoms with Gasteiger partial charge in [0, 0.05) is 23.4 Å². The number of hydrogen-bond donors (Lipinski definition) is 1. The highest BCUT2D eigenvalue weighted by atomic mass is 19.1. The van der Waals surface area contributed by atoms with Gasteiger partial charge in [-0.2, -0.15) is 0 Å². The fraction of sp³-hybridized carbons (Fsp3) is 0.312. The van der Waals surface area contributed by atoms with Gasteiger partial charge in [-0.05, 0) is 25.6 Å². The Hall–Kier alpha value is -1.94. The van der Waals surface area contributed by atoms with Crippen molar-refractivity contribution in [1.82, 2.24) is 10.3 Å². The van der Waals surface area contributed by atoms with Crippen molar-refractivity contribution in [1.29, 1.82) is 0 Å². The van der Waals surface area contributed by atoms with Crippen LogP contribution >= 0.6 is 0 Å². The Bertz CT molecular complexity index is 560. The van der Waals surface area contributed by atoms with Crippen LogP contribution in [-0.2, 0) is 6.61 Å². The van der Waals surface area contributed by atoms with Crippen molar-refractivity contribution < 1.29 is 9.13 Å². The molecule has 0 fully saturated rings. The minimum absolute atomic E-state index is 0.210. The zero-order valence-corrected chi connectivity index (χ0v) is 11.8. The number of pyridine rings is 1. The fourth-order valence-corrected chi connectivity index (χ4v) is 2.08. The van der Waals surface area contributed by atoms with Gasteiger partial charge in [0.05, 0.1) is 6.20 Å². The van der Waals surface area contributed by atoms with E-state index < -0.39 is 0 Å². The standard InChI is InChI=1S/C16H19FN2O/c1-3-19-12(2)15-6-4-5-7-16(15)20-11-13-8-14(17)10-18-9-13/h4-10,12,19H,3,11H2,1-2H3. The molecule has 0 aliphatic rings. The molecule has 1 atom stereocenters. The first-order valence-corrected chi connectivity index (χ1v) is 6.75. The predicted molar refractivity (Wildman–Crippen MR) is 77.1 cm³/mol. The molecule has 0 amide bonds.